The minimum Gasteiger partial charge on any atom is -0.547 e. The van der Waals surface area contributed by atoms with Crippen LogP contribution in [0.3, 0.4) is 0 Å². The molecule has 0 aromatic heterocycles. The summed E-state index contributed by atoms with van der Waals surface area (Å²) in [4.78, 5) is 20.3. The summed E-state index contributed by atoms with van der Waals surface area (Å²) in [5.41, 5.74) is 0.966. The molecule has 0 rings (SSSR count). The van der Waals surface area contributed by atoms with Crippen LogP contribution in [0.2, 0.25) is 0 Å². The molecule has 5 N–H and O–H groups in total. The summed E-state index contributed by atoms with van der Waals surface area (Å²) in [6.07, 6.45) is -6.93. The van der Waals surface area contributed by atoms with Gasteiger partial charge in [0.25, 0.3) is 5.91 Å². The number of aliphatic carboxylic acids is 1. The van der Waals surface area contributed by atoms with Crippen LogP contribution in [0.25, 0.3) is 0 Å². The average molecular weight is 194 g/mol. The topological polar surface area (TPSA) is 150 Å². The first-order valence-electron chi connectivity index (χ1n) is 3.10. The Hall–Kier alpha value is -1.22. The highest BCUT2D eigenvalue weighted by atomic mass is 16.5. The Morgan fingerprint density at radius 2 is 1.62 bits per heavy atom. The molecule has 0 aliphatic heterocycles. The molecule has 0 saturated carbocycles. The molecule has 0 aliphatic carbocycles. The highest BCUT2D eigenvalue weighted by Crippen LogP contribution is 1.99. The minimum atomic E-state index is -2.41. The monoisotopic (exact) mass is 194 g/mol. The lowest BCUT2D eigenvalue weighted by Crippen LogP contribution is -2.52. The van der Waals surface area contributed by atoms with E-state index in [1.54, 1.807) is 0 Å². The van der Waals surface area contributed by atoms with Gasteiger partial charge in [-0.05, 0) is 0 Å². The van der Waals surface area contributed by atoms with E-state index in [1.165, 1.54) is 0 Å². The van der Waals surface area contributed by atoms with Crippen LogP contribution in [0.4, 0.5) is 0 Å². The van der Waals surface area contributed by atoms with Gasteiger partial charge in [-0.1, -0.05) is 0 Å². The first-order valence-corrected chi connectivity index (χ1v) is 3.10. The van der Waals surface area contributed by atoms with Gasteiger partial charge in [0, 0.05) is 0 Å². The maximum atomic E-state index is 10.4. The Labute approximate surface area is 72.0 Å². The van der Waals surface area contributed by atoms with E-state index in [0.717, 1.165) is 5.48 Å². The van der Waals surface area contributed by atoms with Crippen molar-refractivity contribution in [3.63, 3.8) is 0 Å². The van der Waals surface area contributed by atoms with E-state index in [2.05, 4.69) is 0 Å². The molecule has 0 radical (unpaired) electrons. The fraction of sp³-hybridized carbons (Fsp3) is 0.600. The fourth-order valence-electron chi connectivity index (χ4n) is 0.533. The third-order valence-electron chi connectivity index (χ3n) is 1.27. The van der Waals surface area contributed by atoms with Crippen molar-refractivity contribution in [3.8, 4) is 0 Å². The first kappa shape index (κ1) is 11.8. The van der Waals surface area contributed by atoms with E-state index in [0.29, 0.717) is 0 Å². The number of hydrogen-bond donors (Lipinski definition) is 5. The number of carboxylic acid groups (broad SMARTS) is 1. The molecule has 13 heavy (non-hydrogen) atoms. The summed E-state index contributed by atoms with van der Waals surface area (Å²) >= 11 is 0. The molecular weight excluding hydrogens is 186 g/mol. The van der Waals surface area contributed by atoms with Crippen molar-refractivity contribution in [2.24, 2.45) is 0 Å². The Morgan fingerprint density at radius 1 is 1.15 bits per heavy atom. The van der Waals surface area contributed by atoms with E-state index in [-0.39, 0.29) is 0 Å². The largest absolute Gasteiger partial charge is 0.547 e. The zero-order chi connectivity index (χ0) is 10.6. The van der Waals surface area contributed by atoms with Crippen LogP contribution in [0, 0.1) is 0 Å². The zero-order valence-electron chi connectivity index (χ0n) is 6.25. The van der Waals surface area contributed by atoms with Crippen molar-refractivity contribution in [2.45, 2.75) is 18.3 Å². The molecule has 1 amide bonds. The fourth-order valence-corrected chi connectivity index (χ4v) is 0.533. The van der Waals surface area contributed by atoms with Crippen molar-refractivity contribution in [3.05, 3.63) is 0 Å². The Morgan fingerprint density at radius 3 is 1.92 bits per heavy atom. The van der Waals surface area contributed by atoms with Crippen molar-refractivity contribution >= 4 is 11.9 Å². The van der Waals surface area contributed by atoms with E-state index in [9.17, 15) is 14.7 Å². The van der Waals surface area contributed by atoms with Gasteiger partial charge in [0.15, 0.2) is 6.10 Å². The lowest BCUT2D eigenvalue weighted by atomic mass is 10.1. The number of carboxylic acids is 1. The van der Waals surface area contributed by atoms with Gasteiger partial charge < -0.3 is 25.2 Å². The quantitative estimate of drug-likeness (QED) is 0.223. The second kappa shape index (κ2) is 4.72. The highest BCUT2D eigenvalue weighted by molar-refractivity contribution is 5.81. The van der Waals surface area contributed by atoms with Crippen molar-refractivity contribution in [2.75, 3.05) is 0 Å². The van der Waals surface area contributed by atoms with Crippen LogP contribution in [-0.4, -0.2) is 50.7 Å². The number of carbonyl (C=O) groups excluding carboxylic acids is 2. The SMILES string of the molecule is O=C([O-])C(O)C(O)C(O)C(=O)NO. The maximum Gasteiger partial charge on any atom is 0.274 e. The second-order valence-electron chi connectivity index (χ2n) is 2.18. The van der Waals surface area contributed by atoms with Crippen LogP contribution in [0.1, 0.15) is 0 Å². The molecule has 0 aliphatic rings. The van der Waals surface area contributed by atoms with Crippen LogP contribution in [0.5, 0.6) is 0 Å². The Balaban J connectivity index is 4.32. The molecule has 76 valence electrons. The minimum absolute atomic E-state index is 0.966. The van der Waals surface area contributed by atoms with Crippen LogP contribution in [0.15, 0.2) is 0 Å². The van der Waals surface area contributed by atoms with Gasteiger partial charge >= 0.3 is 0 Å². The van der Waals surface area contributed by atoms with Crippen LogP contribution < -0.4 is 10.6 Å². The molecule has 0 aromatic carbocycles. The van der Waals surface area contributed by atoms with E-state index < -0.39 is 30.2 Å². The summed E-state index contributed by atoms with van der Waals surface area (Å²) in [7, 11) is 0. The number of nitrogens with one attached hydrogen (secondary N) is 1. The molecule has 0 saturated heterocycles. The Kier molecular flexibility index (Phi) is 4.28. The van der Waals surface area contributed by atoms with Crippen molar-refractivity contribution < 1.29 is 35.2 Å². The second-order valence-corrected chi connectivity index (χ2v) is 2.18. The number of hydrogen-bond acceptors (Lipinski definition) is 7. The standard InChI is InChI=1S/C5H9NO7/c7-1(3(9)5(11)12)2(8)4(10)6-13/h1-3,7-9,13H,(H,6,10)(H,11,12)/p-1. The predicted molar refractivity (Wildman–Crippen MR) is 33.0 cm³/mol. The number of aliphatic hydroxyl groups excluding tert-OH is 3. The smallest absolute Gasteiger partial charge is 0.274 e. The molecule has 3 atom stereocenters. The molecular formula is C5H8NO7-. The van der Waals surface area contributed by atoms with Crippen LogP contribution in [-0.2, 0) is 9.59 Å². The van der Waals surface area contributed by atoms with E-state index in [1.807, 2.05) is 0 Å². The highest BCUT2D eigenvalue weighted by Gasteiger charge is 2.30. The van der Waals surface area contributed by atoms with Gasteiger partial charge in [0.1, 0.15) is 12.2 Å². The van der Waals surface area contributed by atoms with Gasteiger partial charge in [-0.15, -0.1) is 0 Å². The number of carbonyl (C=O) groups is 2. The molecule has 0 spiro atoms. The molecule has 0 aromatic rings. The number of amides is 1. The number of rotatable bonds is 4. The van der Waals surface area contributed by atoms with E-state index >= 15 is 0 Å². The van der Waals surface area contributed by atoms with E-state index in [4.69, 9.17) is 20.5 Å². The first-order chi connectivity index (χ1) is 5.91. The normalized spacial score (nSPS) is 17.2. The van der Waals surface area contributed by atoms with Gasteiger partial charge in [0.05, 0.1) is 5.97 Å². The molecule has 0 bridgehead atoms. The molecule has 3 unspecified atom stereocenters. The third kappa shape index (κ3) is 2.95. The van der Waals surface area contributed by atoms with Gasteiger partial charge in [-0.3, -0.25) is 10.0 Å². The molecule has 8 heteroatoms. The number of aliphatic hydroxyl groups is 3. The maximum absolute atomic E-state index is 10.4. The number of hydroxylamine groups is 1. The predicted octanol–water partition coefficient (Wildman–Crippen LogP) is -4.68. The van der Waals surface area contributed by atoms with Crippen molar-refractivity contribution in [1.82, 2.24) is 5.48 Å². The average Bonchev–Trinajstić information content (AvgIpc) is 2.12. The zero-order valence-corrected chi connectivity index (χ0v) is 6.25. The third-order valence-corrected chi connectivity index (χ3v) is 1.27. The van der Waals surface area contributed by atoms with Gasteiger partial charge in [-0.2, -0.15) is 0 Å². The molecule has 8 nitrogen and oxygen atoms in total. The summed E-state index contributed by atoms with van der Waals surface area (Å²) in [6.45, 7) is 0. The lowest BCUT2D eigenvalue weighted by molar-refractivity contribution is -0.319. The lowest BCUT2D eigenvalue weighted by Gasteiger charge is -2.21. The molecule has 0 heterocycles. The summed E-state index contributed by atoms with van der Waals surface area (Å²) in [6, 6.07) is 0. The Bertz CT molecular complexity index is 205. The summed E-state index contributed by atoms with van der Waals surface area (Å²) in [5.74, 6) is -3.48. The van der Waals surface area contributed by atoms with Crippen LogP contribution >= 0.6 is 0 Å². The molecule has 0 fully saturated rings. The summed E-state index contributed by atoms with van der Waals surface area (Å²) in [5, 5.41) is 44.0. The van der Waals surface area contributed by atoms with Gasteiger partial charge in [0.2, 0.25) is 0 Å². The van der Waals surface area contributed by atoms with Gasteiger partial charge in [-0.25, -0.2) is 5.48 Å². The summed E-state index contributed by atoms with van der Waals surface area (Å²) < 4.78 is 0. The van der Waals surface area contributed by atoms with Crippen molar-refractivity contribution in [1.29, 1.82) is 0 Å².